The van der Waals surface area contributed by atoms with E-state index in [9.17, 15) is 4.79 Å². The molecule has 1 aromatic heterocycles. The van der Waals surface area contributed by atoms with Crippen molar-refractivity contribution in [3.05, 3.63) is 74.2 Å². The van der Waals surface area contributed by atoms with Gasteiger partial charge in [0.05, 0.1) is 12.1 Å². The summed E-state index contributed by atoms with van der Waals surface area (Å²) in [5.74, 6) is 3.93. The maximum absolute atomic E-state index is 12.2. The van der Waals surface area contributed by atoms with Crippen molar-refractivity contribution in [1.29, 1.82) is 0 Å². The van der Waals surface area contributed by atoms with Crippen LogP contribution < -0.4 is 14.3 Å². The van der Waals surface area contributed by atoms with Gasteiger partial charge in [0.15, 0.2) is 11.5 Å². The summed E-state index contributed by atoms with van der Waals surface area (Å²) in [5, 5.41) is 1.71. The first-order valence-electron chi connectivity index (χ1n) is 11.0. The zero-order valence-electron chi connectivity index (χ0n) is 17.4. The number of ether oxygens (including phenoxy) is 2. The van der Waals surface area contributed by atoms with E-state index in [1.54, 1.807) is 7.11 Å². The number of H-pyrrole nitrogens is 1. The van der Waals surface area contributed by atoms with Crippen molar-refractivity contribution in [2.75, 3.05) is 7.11 Å². The zero-order valence-corrected chi connectivity index (χ0v) is 19.0. The van der Waals surface area contributed by atoms with Crippen LogP contribution in [0, 0.1) is 17.8 Å². The van der Waals surface area contributed by atoms with Crippen molar-refractivity contribution in [1.82, 2.24) is 4.98 Å². The third kappa shape index (κ3) is 3.31. The molecule has 5 atom stereocenters. The Morgan fingerprint density at radius 3 is 2.74 bits per heavy atom. The minimum absolute atomic E-state index is 0.0598. The molecule has 2 heterocycles. The Morgan fingerprint density at radius 2 is 1.90 bits per heavy atom. The second-order valence-corrected chi connectivity index (χ2v) is 11.1. The molecule has 4 nitrogen and oxygen atoms in total. The number of aromatic nitrogens is 1. The van der Waals surface area contributed by atoms with Crippen molar-refractivity contribution in [3.8, 4) is 11.5 Å². The van der Waals surface area contributed by atoms with E-state index in [1.807, 2.05) is 36.0 Å². The van der Waals surface area contributed by atoms with Gasteiger partial charge in [-0.25, -0.2) is 0 Å². The molecule has 31 heavy (non-hydrogen) atoms. The third-order valence-electron chi connectivity index (χ3n) is 7.25. The van der Waals surface area contributed by atoms with Gasteiger partial charge in [0.25, 0.3) is 0 Å². The fourth-order valence-electron chi connectivity index (χ4n) is 5.95. The number of fused-ring (bicyclic) bond motifs is 6. The molecule has 1 N–H and O–H groups in total. The Bertz CT molecular complexity index is 1160. The Hall–Kier alpha value is -2.18. The van der Waals surface area contributed by atoms with Gasteiger partial charge in [-0.15, -0.1) is 11.8 Å². The largest absolute Gasteiger partial charge is 0.493 e. The highest BCUT2D eigenvalue weighted by Gasteiger charge is 2.54. The van der Waals surface area contributed by atoms with Gasteiger partial charge in [-0.05, 0) is 60.3 Å². The Morgan fingerprint density at radius 1 is 1.06 bits per heavy atom. The number of methoxy groups -OCH3 is 1. The third-order valence-corrected chi connectivity index (χ3v) is 9.87. The molecule has 3 aromatic rings. The predicted octanol–water partition coefficient (Wildman–Crippen LogP) is 5.68. The molecule has 6 heteroatoms. The number of thioether (sulfide) groups is 1. The molecule has 3 unspecified atom stereocenters. The molecule has 1 aliphatic heterocycles. The summed E-state index contributed by atoms with van der Waals surface area (Å²) >= 11 is 3.32. The summed E-state index contributed by atoms with van der Waals surface area (Å²) in [7, 11) is 1.70. The normalized spacial score (nSPS) is 28.2. The van der Waals surface area contributed by atoms with Crippen LogP contribution in [-0.2, 0) is 6.61 Å². The van der Waals surface area contributed by atoms with Gasteiger partial charge in [-0.3, -0.25) is 4.79 Å². The molecule has 2 fully saturated rings. The van der Waals surface area contributed by atoms with Crippen LogP contribution in [0.1, 0.15) is 41.2 Å². The average molecular weight is 452 g/mol. The number of nitrogens with one attached hydrogen (secondary N) is 1. The van der Waals surface area contributed by atoms with E-state index in [2.05, 4.69) is 29.2 Å². The van der Waals surface area contributed by atoms with Crippen molar-refractivity contribution >= 4 is 23.1 Å². The van der Waals surface area contributed by atoms with E-state index in [0.717, 1.165) is 33.9 Å². The molecule has 0 spiro atoms. The average Bonchev–Trinajstić information content (AvgIpc) is 3.51. The number of hydrogen-bond donors (Lipinski definition) is 1. The molecule has 2 bridgehead atoms. The Kier molecular flexibility index (Phi) is 4.87. The molecular formula is C25H25NO3S2. The van der Waals surface area contributed by atoms with Crippen molar-refractivity contribution in [2.45, 2.75) is 42.1 Å². The quantitative estimate of drug-likeness (QED) is 0.543. The van der Waals surface area contributed by atoms with Crippen LogP contribution in [0.25, 0.3) is 0 Å². The number of aromatic amines is 1. The summed E-state index contributed by atoms with van der Waals surface area (Å²) in [5.41, 5.74) is 2.37. The van der Waals surface area contributed by atoms with Crippen molar-refractivity contribution in [2.24, 2.45) is 17.8 Å². The molecule has 2 aromatic carbocycles. The molecule has 2 aliphatic carbocycles. The molecule has 0 saturated heterocycles. The minimum atomic E-state index is 0.0598. The first-order chi connectivity index (χ1) is 15.2. The fraction of sp³-hybridized carbons (Fsp3) is 0.400. The van der Waals surface area contributed by atoms with E-state index < -0.39 is 0 Å². The van der Waals surface area contributed by atoms with Crippen LogP contribution >= 0.6 is 23.1 Å². The fourth-order valence-corrected chi connectivity index (χ4v) is 8.85. The van der Waals surface area contributed by atoms with Gasteiger partial charge < -0.3 is 14.5 Å². The lowest BCUT2D eigenvalue weighted by atomic mass is 9.75. The summed E-state index contributed by atoms with van der Waals surface area (Å²) in [6.07, 6.45) is 4.01. The van der Waals surface area contributed by atoms with Crippen LogP contribution in [0.4, 0.5) is 0 Å². The molecule has 160 valence electrons. The second-order valence-electron chi connectivity index (χ2n) is 8.86. The lowest BCUT2D eigenvalue weighted by Gasteiger charge is -2.40. The summed E-state index contributed by atoms with van der Waals surface area (Å²) in [4.78, 5) is 16.6. The maximum atomic E-state index is 12.2. The SMILES string of the molecule is COc1cc([C@H]2c3sc(=O)[nH]c3SC3C2C2CC[C@H]3C2)ccc1OCc1ccccc1. The zero-order chi connectivity index (χ0) is 20.9. The Labute approximate surface area is 190 Å². The lowest BCUT2D eigenvalue weighted by molar-refractivity contribution is 0.282. The van der Waals surface area contributed by atoms with Crippen molar-refractivity contribution in [3.63, 3.8) is 0 Å². The van der Waals surface area contributed by atoms with Gasteiger partial charge in [0.2, 0.25) is 0 Å². The second kappa shape index (κ2) is 7.75. The van der Waals surface area contributed by atoms with Crippen molar-refractivity contribution < 1.29 is 9.47 Å². The molecule has 3 aliphatic rings. The lowest BCUT2D eigenvalue weighted by Crippen LogP contribution is -2.33. The van der Waals surface area contributed by atoms with Gasteiger partial charge in [-0.1, -0.05) is 47.7 Å². The summed E-state index contributed by atoms with van der Waals surface area (Å²) in [6.45, 7) is 0.509. The first kappa shape index (κ1) is 19.5. The molecule has 6 rings (SSSR count). The van der Waals surface area contributed by atoms with E-state index in [0.29, 0.717) is 17.8 Å². The monoisotopic (exact) mass is 451 g/mol. The highest BCUT2D eigenvalue weighted by atomic mass is 32.2. The number of benzene rings is 2. The maximum Gasteiger partial charge on any atom is 0.305 e. The van der Waals surface area contributed by atoms with Gasteiger partial charge in [-0.2, -0.15) is 0 Å². The van der Waals surface area contributed by atoms with E-state index in [-0.39, 0.29) is 10.8 Å². The Balaban J connectivity index is 1.35. The standard InChI is InChI=1S/C25H25NO3S2/c1-28-19-12-16(9-10-18(19)29-13-14-5-3-2-4-6-14)21-20-15-7-8-17(11-15)22(20)30-24-23(21)31-25(27)26-24/h2-6,9-10,12,15,17,20-22H,7-8,11,13H2,1H3,(H,26,27)/t15?,17-,20?,21+,22?/m0/s1. The molecule has 0 radical (unpaired) electrons. The molecule has 0 amide bonds. The highest BCUT2D eigenvalue weighted by molar-refractivity contribution is 8.00. The topological polar surface area (TPSA) is 51.3 Å². The predicted molar refractivity (Wildman–Crippen MR) is 125 cm³/mol. The number of hydrogen-bond acceptors (Lipinski definition) is 5. The number of thiazole rings is 1. The smallest absolute Gasteiger partial charge is 0.305 e. The first-order valence-corrected chi connectivity index (χ1v) is 12.6. The summed E-state index contributed by atoms with van der Waals surface area (Å²) < 4.78 is 11.8. The van der Waals surface area contributed by atoms with Crippen LogP contribution in [0.15, 0.2) is 58.4 Å². The van der Waals surface area contributed by atoms with Gasteiger partial charge in [0, 0.05) is 16.0 Å². The summed E-state index contributed by atoms with van der Waals surface area (Å²) in [6, 6.07) is 16.5. The van der Waals surface area contributed by atoms with Crippen LogP contribution in [0.5, 0.6) is 11.5 Å². The van der Waals surface area contributed by atoms with Gasteiger partial charge >= 0.3 is 4.87 Å². The van der Waals surface area contributed by atoms with E-state index in [1.165, 1.54) is 41.0 Å². The minimum Gasteiger partial charge on any atom is -0.493 e. The molecular weight excluding hydrogens is 426 g/mol. The van der Waals surface area contributed by atoms with E-state index in [4.69, 9.17) is 9.47 Å². The van der Waals surface area contributed by atoms with E-state index >= 15 is 0 Å². The van der Waals surface area contributed by atoms with Gasteiger partial charge in [0.1, 0.15) is 6.61 Å². The number of rotatable bonds is 5. The van der Waals surface area contributed by atoms with Crippen LogP contribution in [-0.4, -0.2) is 17.3 Å². The van der Waals surface area contributed by atoms with Crippen LogP contribution in [0.2, 0.25) is 0 Å². The highest BCUT2D eigenvalue weighted by Crippen LogP contribution is 2.63. The van der Waals surface area contributed by atoms with Crippen LogP contribution in [0.3, 0.4) is 0 Å². The molecule has 2 saturated carbocycles.